The first-order chi connectivity index (χ1) is 16.3. The molecule has 35 heavy (non-hydrogen) atoms. The molecule has 2 amide bonds. The molecule has 4 rings (SSSR count). The van der Waals surface area contributed by atoms with E-state index >= 15 is 0 Å². The highest BCUT2D eigenvalue weighted by atomic mass is 79.9. The maximum Gasteiger partial charge on any atom is 0.414 e. The molecule has 4 aliphatic rings. The van der Waals surface area contributed by atoms with Crippen molar-refractivity contribution in [3.8, 4) is 0 Å². The first-order valence-electron chi connectivity index (χ1n) is 13.2. The number of ketones is 1. The van der Waals surface area contributed by atoms with Crippen LogP contribution in [0.5, 0.6) is 0 Å². The maximum atomic E-state index is 13.5. The van der Waals surface area contributed by atoms with Crippen LogP contribution in [0.1, 0.15) is 74.1 Å². The molecule has 0 radical (unpaired) electrons. The molecule has 0 aromatic rings. The van der Waals surface area contributed by atoms with E-state index in [-0.39, 0.29) is 28.9 Å². The van der Waals surface area contributed by atoms with Gasteiger partial charge in [-0.25, -0.2) is 4.79 Å². The number of carbonyl (C=O) groups is 3. The molecular weight excluding hydrogens is 508 g/mol. The fraction of sp³-hybridized carbons (Fsp3) is 0.750. The molecule has 0 N–H and O–H groups in total. The van der Waals surface area contributed by atoms with E-state index in [9.17, 15) is 14.4 Å². The van der Waals surface area contributed by atoms with Crippen LogP contribution in [0.3, 0.4) is 0 Å². The van der Waals surface area contributed by atoms with Crippen LogP contribution in [0.4, 0.5) is 4.79 Å². The third-order valence-corrected chi connectivity index (χ3v) is 10.1. The number of hydrogen-bond acceptors (Lipinski definition) is 4. The summed E-state index contributed by atoms with van der Waals surface area (Å²) >= 11 is 3.54. The summed E-state index contributed by atoms with van der Waals surface area (Å²) in [5, 5.41) is 0. The van der Waals surface area contributed by atoms with Gasteiger partial charge in [0.1, 0.15) is 5.60 Å². The molecular formula is C28H41BrN2O4. The Balaban J connectivity index is 1.73. The van der Waals surface area contributed by atoms with Crippen molar-refractivity contribution in [1.29, 1.82) is 0 Å². The molecule has 3 fully saturated rings. The fourth-order valence-corrected chi connectivity index (χ4v) is 8.47. The molecule has 0 spiro atoms. The maximum absolute atomic E-state index is 13.5. The fourth-order valence-electron chi connectivity index (χ4n) is 7.70. The summed E-state index contributed by atoms with van der Waals surface area (Å²) in [5.74, 6) is 1.09. The van der Waals surface area contributed by atoms with Gasteiger partial charge < -0.3 is 9.64 Å². The molecule has 0 aromatic carbocycles. The molecule has 0 aromatic heterocycles. The van der Waals surface area contributed by atoms with Crippen LogP contribution in [0, 0.1) is 34.5 Å². The van der Waals surface area contributed by atoms with Gasteiger partial charge in [0.2, 0.25) is 5.91 Å². The molecule has 194 valence electrons. The third kappa shape index (κ3) is 4.19. The van der Waals surface area contributed by atoms with Gasteiger partial charge in [-0.2, -0.15) is 0 Å². The largest absolute Gasteiger partial charge is 0.443 e. The second kappa shape index (κ2) is 9.04. The van der Waals surface area contributed by atoms with E-state index in [1.807, 2.05) is 31.7 Å². The predicted molar refractivity (Wildman–Crippen MR) is 140 cm³/mol. The highest BCUT2D eigenvalue weighted by Gasteiger charge is 2.62. The quantitative estimate of drug-likeness (QED) is 0.439. The summed E-state index contributed by atoms with van der Waals surface area (Å²) in [6.07, 6.45) is 7.13. The monoisotopic (exact) mass is 548 g/mol. The van der Waals surface area contributed by atoms with Crippen LogP contribution in [0.2, 0.25) is 0 Å². The zero-order valence-corrected chi connectivity index (χ0v) is 23.9. The number of ether oxygens (including phenoxy) is 1. The van der Waals surface area contributed by atoms with Gasteiger partial charge in [0.15, 0.2) is 5.78 Å². The lowest BCUT2D eigenvalue weighted by molar-refractivity contribution is -0.142. The average Bonchev–Trinajstić information content (AvgIpc) is 3.13. The van der Waals surface area contributed by atoms with Gasteiger partial charge in [0, 0.05) is 31.0 Å². The minimum atomic E-state index is -0.637. The number of carbonyl (C=O) groups excluding carboxylic acids is 3. The Labute approximate surface area is 218 Å². The number of rotatable bonds is 3. The molecule has 0 unspecified atom stereocenters. The van der Waals surface area contributed by atoms with Crippen molar-refractivity contribution in [3.63, 3.8) is 0 Å². The second-order valence-electron chi connectivity index (χ2n) is 12.3. The van der Waals surface area contributed by atoms with Gasteiger partial charge in [-0.1, -0.05) is 19.9 Å². The summed E-state index contributed by atoms with van der Waals surface area (Å²) in [6.45, 7) is 16.2. The molecule has 1 aliphatic heterocycles. The van der Waals surface area contributed by atoms with Gasteiger partial charge in [0.25, 0.3) is 0 Å². The van der Waals surface area contributed by atoms with Crippen molar-refractivity contribution < 1.29 is 19.1 Å². The number of hydrogen-bond donors (Lipinski definition) is 0. The standard InChI is InChI=1S/C28H41BrN2O4/c1-8-30(9-2)24(33)20-11-10-18-17-16-31(25(34)35-26(3,4)5)23-22(29)21(32)13-15-28(23,7)19(17)12-14-27(18,20)6/h13,15,17-20H,8-12,14,16H2,1-7H3/t17-,18-,19-,20+,27-,28+/m0/s1. The Morgan fingerprint density at radius 2 is 1.80 bits per heavy atom. The van der Waals surface area contributed by atoms with Crippen molar-refractivity contribution in [2.45, 2.75) is 79.8 Å². The van der Waals surface area contributed by atoms with Gasteiger partial charge in [-0.3, -0.25) is 14.5 Å². The third-order valence-electron chi connectivity index (χ3n) is 9.37. The van der Waals surface area contributed by atoms with Gasteiger partial charge >= 0.3 is 6.09 Å². The van der Waals surface area contributed by atoms with Crippen molar-refractivity contribution in [2.75, 3.05) is 19.6 Å². The Bertz CT molecular complexity index is 978. The summed E-state index contributed by atoms with van der Waals surface area (Å²) in [7, 11) is 0. The lowest BCUT2D eigenvalue weighted by atomic mass is 9.50. The van der Waals surface area contributed by atoms with E-state index < -0.39 is 17.1 Å². The first-order valence-corrected chi connectivity index (χ1v) is 14.0. The zero-order chi connectivity index (χ0) is 25.9. The van der Waals surface area contributed by atoms with Crippen LogP contribution in [0.15, 0.2) is 22.3 Å². The zero-order valence-electron chi connectivity index (χ0n) is 22.3. The highest BCUT2D eigenvalue weighted by Crippen LogP contribution is 2.65. The lowest BCUT2D eigenvalue weighted by Gasteiger charge is -2.59. The number of amides is 2. The van der Waals surface area contributed by atoms with Gasteiger partial charge in [0.05, 0.1) is 10.2 Å². The van der Waals surface area contributed by atoms with Crippen molar-refractivity contribution in [1.82, 2.24) is 9.80 Å². The van der Waals surface area contributed by atoms with E-state index in [1.54, 1.807) is 11.0 Å². The normalized spacial score (nSPS) is 36.5. The van der Waals surface area contributed by atoms with Crippen LogP contribution >= 0.6 is 15.9 Å². The minimum absolute atomic E-state index is 0.0308. The minimum Gasteiger partial charge on any atom is -0.443 e. The molecule has 6 nitrogen and oxygen atoms in total. The number of likely N-dealkylation sites (tertiary alicyclic amines) is 1. The molecule has 3 aliphatic carbocycles. The van der Waals surface area contributed by atoms with Gasteiger partial charge in [-0.15, -0.1) is 0 Å². The molecule has 7 heteroatoms. The van der Waals surface area contributed by atoms with Crippen molar-refractivity contribution >= 4 is 33.7 Å². The Hall–Kier alpha value is -1.63. The number of halogens is 1. The molecule has 2 saturated carbocycles. The molecule has 0 bridgehead atoms. The van der Waals surface area contributed by atoms with Crippen molar-refractivity contribution in [3.05, 3.63) is 22.3 Å². The number of piperidine rings is 1. The molecule has 1 saturated heterocycles. The van der Waals surface area contributed by atoms with Crippen molar-refractivity contribution in [2.24, 2.45) is 34.5 Å². The van der Waals surface area contributed by atoms with E-state index in [4.69, 9.17) is 4.74 Å². The Kier molecular flexibility index (Phi) is 6.83. The van der Waals surface area contributed by atoms with Crippen LogP contribution in [-0.4, -0.2) is 52.8 Å². The Morgan fingerprint density at radius 3 is 2.40 bits per heavy atom. The number of fused-ring (bicyclic) bond motifs is 5. The van der Waals surface area contributed by atoms with Crippen LogP contribution < -0.4 is 0 Å². The average molecular weight is 550 g/mol. The topological polar surface area (TPSA) is 66.9 Å². The van der Waals surface area contributed by atoms with Gasteiger partial charge in [-0.05, 0) is 105 Å². The summed E-state index contributed by atoms with van der Waals surface area (Å²) in [4.78, 5) is 43.4. The molecule has 6 atom stereocenters. The number of nitrogens with zero attached hydrogens (tertiary/aromatic N) is 2. The SMILES string of the molecule is CCN(CC)C(=O)[C@H]1CC[C@H]2[C@@H]3CN(C(=O)OC(C)(C)C)C4=C(Br)C(=O)C=C[C@]4(C)[C@H]3CC[C@]12C. The number of allylic oxidation sites excluding steroid dienone is 3. The van der Waals surface area contributed by atoms with Crippen LogP contribution in [0.25, 0.3) is 0 Å². The second-order valence-corrected chi connectivity index (χ2v) is 13.1. The predicted octanol–water partition coefficient (Wildman–Crippen LogP) is 5.92. The van der Waals surface area contributed by atoms with E-state index in [2.05, 4.69) is 43.6 Å². The van der Waals surface area contributed by atoms with Crippen LogP contribution in [-0.2, 0) is 14.3 Å². The molecule has 1 heterocycles. The van der Waals surface area contributed by atoms with E-state index in [0.717, 1.165) is 44.5 Å². The van der Waals surface area contributed by atoms with E-state index in [1.165, 1.54) is 0 Å². The lowest BCUT2D eigenvalue weighted by Crippen LogP contribution is -2.59. The Morgan fingerprint density at radius 1 is 1.14 bits per heavy atom. The smallest absolute Gasteiger partial charge is 0.414 e. The van der Waals surface area contributed by atoms with E-state index in [0.29, 0.717) is 22.9 Å². The first kappa shape index (κ1) is 26.4. The summed E-state index contributed by atoms with van der Waals surface area (Å²) < 4.78 is 6.29. The summed E-state index contributed by atoms with van der Waals surface area (Å²) in [6, 6.07) is 0. The highest BCUT2D eigenvalue weighted by molar-refractivity contribution is 9.12. The summed E-state index contributed by atoms with van der Waals surface area (Å²) in [5.41, 5.74) is -0.433.